The van der Waals surface area contributed by atoms with Gasteiger partial charge in [-0.1, -0.05) is 31.1 Å². The highest BCUT2D eigenvalue weighted by Crippen LogP contribution is 2.17. The standard InChI is InChI=1S/C15H20N2O2S/c18-8-4-5-12-9-14(20-11-12)10-16-15(19)17-13-6-2-1-3-7-13/h9,11,13,18H,1-3,6-8,10H2,(H2,16,17,19). The van der Waals surface area contributed by atoms with Gasteiger partial charge >= 0.3 is 6.03 Å². The van der Waals surface area contributed by atoms with E-state index in [9.17, 15) is 4.79 Å². The third-order valence-corrected chi connectivity index (χ3v) is 4.27. The molecule has 0 radical (unpaired) electrons. The molecule has 1 heterocycles. The molecule has 1 saturated carbocycles. The minimum Gasteiger partial charge on any atom is -0.384 e. The van der Waals surface area contributed by atoms with Crippen molar-refractivity contribution in [2.24, 2.45) is 0 Å². The van der Waals surface area contributed by atoms with Crippen molar-refractivity contribution in [2.45, 2.75) is 44.7 Å². The molecule has 2 amide bonds. The Kier molecular flexibility index (Phi) is 5.90. The summed E-state index contributed by atoms with van der Waals surface area (Å²) in [4.78, 5) is 12.8. The second kappa shape index (κ2) is 7.93. The highest BCUT2D eigenvalue weighted by Gasteiger charge is 2.15. The summed E-state index contributed by atoms with van der Waals surface area (Å²) in [6, 6.07) is 2.18. The van der Waals surface area contributed by atoms with E-state index in [4.69, 9.17) is 5.11 Å². The highest BCUT2D eigenvalue weighted by atomic mass is 32.1. The molecule has 0 bridgehead atoms. The number of carbonyl (C=O) groups is 1. The van der Waals surface area contributed by atoms with Gasteiger partial charge in [0.2, 0.25) is 0 Å². The minimum atomic E-state index is -0.132. The molecule has 0 unspecified atom stereocenters. The number of aliphatic hydroxyl groups is 1. The molecule has 1 aromatic heterocycles. The van der Waals surface area contributed by atoms with Crippen molar-refractivity contribution >= 4 is 17.4 Å². The Morgan fingerprint density at radius 1 is 1.40 bits per heavy atom. The zero-order valence-electron chi connectivity index (χ0n) is 11.4. The van der Waals surface area contributed by atoms with Gasteiger partial charge in [0.05, 0.1) is 6.54 Å². The molecule has 5 heteroatoms. The molecule has 0 atom stereocenters. The maximum Gasteiger partial charge on any atom is 0.315 e. The third kappa shape index (κ3) is 4.87. The highest BCUT2D eigenvalue weighted by molar-refractivity contribution is 7.10. The predicted molar refractivity (Wildman–Crippen MR) is 80.5 cm³/mol. The summed E-state index contributed by atoms with van der Waals surface area (Å²) in [5.41, 5.74) is 0.883. The molecule has 0 aromatic carbocycles. The van der Waals surface area contributed by atoms with Gasteiger partial charge in [-0.25, -0.2) is 4.79 Å². The average molecular weight is 292 g/mol. The van der Waals surface area contributed by atoms with Crippen LogP contribution in [-0.4, -0.2) is 23.8 Å². The van der Waals surface area contributed by atoms with Crippen LogP contribution in [0.5, 0.6) is 0 Å². The molecule has 1 fully saturated rings. The van der Waals surface area contributed by atoms with Crippen LogP contribution in [0.1, 0.15) is 42.5 Å². The van der Waals surface area contributed by atoms with Gasteiger partial charge in [0, 0.05) is 21.9 Å². The summed E-state index contributed by atoms with van der Waals surface area (Å²) in [7, 11) is 0. The summed E-state index contributed by atoms with van der Waals surface area (Å²) in [6.45, 7) is 0.386. The molecular weight excluding hydrogens is 272 g/mol. The summed E-state index contributed by atoms with van der Waals surface area (Å²) >= 11 is 1.56. The summed E-state index contributed by atoms with van der Waals surface area (Å²) in [5.74, 6) is 5.46. The van der Waals surface area contributed by atoms with Crippen molar-refractivity contribution in [2.75, 3.05) is 6.61 Å². The zero-order chi connectivity index (χ0) is 14.2. The number of thiophene rings is 1. The Morgan fingerprint density at radius 2 is 2.20 bits per heavy atom. The fourth-order valence-corrected chi connectivity index (χ4v) is 3.09. The van der Waals surface area contributed by atoms with E-state index in [1.54, 1.807) is 11.3 Å². The molecule has 0 spiro atoms. The van der Waals surface area contributed by atoms with Gasteiger partial charge in [-0.3, -0.25) is 0 Å². The van der Waals surface area contributed by atoms with Gasteiger partial charge in [0.15, 0.2) is 0 Å². The quantitative estimate of drug-likeness (QED) is 0.748. The minimum absolute atomic E-state index is 0.0895. The monoisotopic (exact) mass is 292 g/mol. The number of urea groups is 1. The van der Waals surface area contributed by atoms with E-state index in [2.05, 4.69) is 22.5 Å². The van der Waals surface area contributed by atoms with E-state index in [0.29, 0.717) is 12.6 Å². The Hall–Kier alpha value is -1.51. The van der Waals surface area contributed by atoms with Gasteiger partial charge in [-0.05, 0) is 18.9 Å². The molecule has 1 aliphatic carbocycles. The van der Waals surface area contributed by atoms with Crippen LogP contribution in [0.4, 0.5) is 4.79 Å². The number of hydrogen-bond donors (Lipinski definition) is 3. The third-order valence-electron chi connectivity index (χ3n) is 3.33. The number of nitrogens with one attached hydrogen (secondary N) is 2. The van der Waals surface area contributed by atoms with E-state index in [1.807, 2.05) is 11.4 Å². The lowest BCUT2D eigenvalue weighted by molar-refractivity contribution is 0.232. The molecule has 3 N–H and O–H groups in total. The van der Waals surface area contributed by atoms with Gasteiger partial charge in [-0.2, -0.15) is 0 Å². The van der Waals surface area contributed by atoms with Crippen molar-refractivity contribution in [1.82, 2.24) is 10.6 Å². The molecule has 2 rings (SSSR count). The lowest BCUT2D eigenvalue weighted by Crippen LogP contribution is -2.42. The number of hydrogen-bond acceptors (Lipinski definition) is 3. The van der Waals surface area contributed by atoms with Crippen molar-refractivity contribution < 1.29 is 9.90 Å². The first-order valence-corrected chi connectivity index (χ1v) is 7.87. The lowest BCUT2D eigenvalue weighted by Gasteiger charge is -2.22. The summed E-state index contributed by atoms with van der Waals surface area (Å²) < 4.78 is 0. The van der Waals surface area contributed by atoms with E-state index in [-0.39, 0.29) is 12.6 Å². The second-order valence-corrected chi connectivity index (χ2v) is 5.92. The largest absolute Gasteiger partial charge is 0.384 e. The Balaban J connectivity index is 1.73. The van der Waals surface area contributed by atoms with Crippen molar-refractivity contribution in [3.63, 3.8) is 0 Å². The smallest absolute Gasteiger partial charge is 0.315 e. The SMILES string of the molecule is O=C(NCc1cc(C#CCO)cs1)NC1CCCCC1. The summed E-state index contributed by atoms with van der Waals surface area (Å²) in [5, 5.41) is 16.5. The Bertz CT molecular complexity index is 495. The van der Waals surface area contributed by atoms with E-state index in [1.165, 1.54) is 19.3 Å². The van der Waals surface area contributed by atoms with Crippen LogP contribution in [0.3, 0.4) is 0 Å². The van der Waals surface area contributed by atoms with Gasteiger partial charge in [-0.15, -0.1) is 11.3 Å². The molecule has 0 saturated heterocycles. The van der Waals surface area contributed by atoms with Crippen LogP contribution in [0, 0.1) is 11.8 Å². The lowest BCUT2D eigenvalue weighted by atomic mass is 9.96. The number of amides is 2. The molecule has 1 aliphatic rings. The molecule has 1 aromatic rings. The maximum absolute atomic E-state index is 11.8. The van der Waals surface area contributed by atoms with Gasteiger partial charge in [0.25, 0.3) is 0 Å². The fraction of sp³-hybridized carbons (Fsp3) is 0.533. The first kappa shape index (κ1) is 14.9. The number of aliphatic hydroxyl groups excluding tert-OH is 1. The Morgan fingerprint density at radius 3 is 2.95 bits per heavy atom. The second-order valence-electron chi connectivity index (χ2n) is 4.92. The van der Waals surface area contributed by atoms with Crippen LogP contribution >= 0.6 is 11.3 Å². The van der Waals surface area contributed by atoms with E-state index < -0.39 is 0 Å². The van der Waals surface area contributed by atoms with E-state index in [0.717, 1.165) is 23.3 Å². The normalized spacial score (nSPS) is 15.2. The van der Waals surface area contributed by atoms with Crippen LogP contribution in [0.15, 0.2) is 11.4 Å². The average Bonchev–Trinajstić information content (AvgIpc) is 2.92. The maximum atomic E-state index is 11.8. The first-order chi connectivity index (χ1) is 9.78. The fourth-order valence-electron chi connectivity index (χ4n) is 2.33. The number of rotatable bonds is 3. The molecule has 4 nitrogen and oxygen atoms in total. The van der Waals surface area contributed by atoms with Crippen LogP contribution in [0.25, 0.3) is 0 Å². The zero-order valence-corrected chi connectivity index (χ0v) is 12.3. The van der Waals surface area contributed by atoms with E-state index >= 15 is 0 Å². The van der Waals surface area contributed by atoms with Crippen LogP contribution < -0.4 is 10.6 Å². The summed E-state index contributed by atoms with van der Waals surface area (Å²) in [6.07, 6.45) is 5.89. The van der Waals surface area contributed by atoms with Crippen molar-refractivity contribution in [1.29, 1.82) is 0 Å². The van der Waals surface area contributed by atoms with Crippen LogP contribution in [-0.2, 0) is 6.54 Å². The van der Waals surface area contributed by atoms with Crippen LogP contribution in [0.2, 0.25) is 0 Å². The molecule has 20 heavy (non-hydrogen) atoms. The van der Waals surface area contributed by atoms with Gasteiger partial charge in [0.1, 0.15) is 6.61 Å². The van der Waals surface area contributed by atoms with Gasteiger partial charge < -0.3 is 15.7 Å². The molecule has 108 valence electrons. The molecule has 0 aliphatic heterocycles. The predicted octanol–water partition coefficient (Wildman–Crippen LogP) is 2.22. The van der Waals surface area contributed by atoms with Crippen molar-refractivity contribution in [3.05, 3.63) is 21.9 Å². The Labute approximate surface area is 123 Å². The first-order valence-electron chi connectivity index (χ1n) is 6.99. The molecular formula is C15H20N2O2S. The number of carbonyl (C=O) groups excluding carboxylic acids is 1. The van der Waals surface area contributed by atoms with Crippen molar-refractivity contribution in [3.8, 4) is 11.8 Å². The topological polar surface area (TPSA) is 61.4 Å².